The summed E-state index contributed by atoms with van der Waals surface area (Å²) < 4.78 is 4.86. The first-order valence-corrected chi connectivity index (χ1v) is 6.56. The van der Waals surface area contributed by atoms with Gasteiger partial charge in [0.25, 0.3) is 0 Å². The quantitative estimate of drug-likeness (QED) is 0.504. The molecule has 0 aromatic carbocycles. The third-order valence-electron chi connectivity index (χ3n) is 1.91. The van der Waals surface area contributed by atoms with Crippen LogP contribution in [0.3, 0.4) is 0 Å². The number of carbonyl (C=O) groups excluding carboxylic acids is 1. The zero-order chi connectivity index (χ0) is 14.9. The maximum Gasteiger partial charge on any atom is 0.407 e. The van der Waals surface area contributed by atoms with Gasteiger partial charge in [0.1, 0.15) is 0 Å². The van der Waals surface area contributed by atoms with Crippen molar-refractivity contribution in [1.29, 1.82) is 0 Å². The Morgan fingerprint density at radius 2 is 1.79 bits per heavy atom. The maximum atomic E-state index is 10.9. The number of unbranched alkanes of at least 4 members (excludes halogenated alkanes) is 2. The average molecular weight is 278 g/mol. The van der Waals surface area contributed by atoms with Gasteiger partial charge in [0, 0.05) is 19.7 Å². The highest BCUT2D eigenvalue weighted by atomic mass is 16.5. The second kappa shape index (κ2) is 16.5. The number of hydrogen-bond donors (Lipinski definition) is 4. The molecule has 0 spiro atoms. The van der Waals surface area contributed by atoms with Gasteiger partial charge < -0.3 is 25.6 Å². The second-order valence-corrected chi connectivity index (χ2v) is 3.68. The molecule has 19 heavy (non-hydrogen) atoms. The lowest BCUT2D eigenvalue weighted by atomic mass is 10.3. The monoisotopic (exact) mass is 278 g/mol. The van der Waals surface area contributed by atoms with Crippen LogP contribution in [0.1, 0.15) is 39.5 Å². The van der Waals surface area contributed by atoms with Crippen molar-refractivity contribution in [2.24, 2.45) is 0 Å². The highest BCUT2D eigenvalue weighted by molar-refractivity contribution is 5.66. The van der Waals surface area contributed by atoms with Gasteiger partial charge in [-0.25, -0.2) is 9.59 Å². The molecule has 0 rings (SSSR count). The fourth-order valence-corrected chi connectivity index (χ4v) is 0.989. The van der Waals surface area contributed by atoms with Crippen LogP contribution in [0.25, 0.3) is 0 Å². The lowest BCUT2D eigenvalue weighted by molar-refractivity contribution is 0.143. The molecule has 0 radical (unpaired) electrons. The average Bonchev–Trinajstić information content (AvgIpc) is 2.36. The SMILES string of the molecule is CCCCCOC(=O)NCCCO.CCNC(=O)O. The predicted molar refractivity (Wildman–Crippen MR) is 72.3 cm³/mol. The highest BCUT2D eigenvalue weighted by Gasteiger charge is 1.98. The van der Waals surface area contributed by atoms with E-state index in [1.54, 1.807) is 6.92 Å². The zero-order valence-corrected chi connectivity index (χ0v) is 11.8. The van der Waals surface area contributed by atoms with Crippen LogP contribution < -0.4 is 10.6 Å². The number of rotatable bonds is 8. The third kappa shape index (κ3) is 22.2. The Kier molecular flexibility index (Phi) is 17.2. The van der Waals surface area contributed by atoms with Crippen molar-refractivity contribution in [2.45, 2.75) is 39.5 Å². The molecule has 0 unspecified atom stereocenters. The molecule has 0 saturated heterocycles. The van der Waals surface area contributed by atoms with E-state index in [-0.39, 0.29) is 12.7 Å². The lowest BCUT2D eigenvalue weighted by Gasteiger charge is -2.05. The summed E-state index contributed by atoms with van der Waals surface area (Å²) in [6.07, 6.45) is 2.36. The van der Waals surface area contributed by atoms with Crippen molar-refractivity contribution in [3.8, 4) is 0 Å². The minimum Gasteiger partial charge on any atom is -0.465 e. The first-order valence-electron chi connectivity index (χ1n) is 6.56. The van der Waals surface area contributed by atoms with E-state index < -0.39 is 6.09 Å². The van der Waals surface area contributed by atoms with Crippen LogP contribution in [0.4, 0.5) is 9.59 Å². The van der Waals surface area contributed by atoms with Crippen LogP contribution in [-0.2, 0) is 4.74 Å². The van der Waals surface area contributed by atoms with Gasteiger partial charge in [-0.15, -0.1) is 0 Å². The topological polar surface area (TPSA) is 108 Å². The zero-order valence-electron chi connectivity index (χ0n) is 11.8. The summed E-state index contributed by atoms with van der Waals surface area (Å²) in [6, 6.07) is 0. The first-order chi connectivity index (χ1) is 9.08. The summed E-state index contributed by atoms with van der Waals surface area (Å²) in [5.41, 5.74) is 0. The van der Waals surface area contributed by atoms with E-state index in [0.29, 0.717) is 26.1 Å². The molecule has 0 aromatic heterocycles. The Labute approximate surface area is 114 Å². The number of aliphatic hydroxyl groups is 1. The van der Waals surface area contributed by atoms with E-state index >= 15 is 0 Å². The van der Waals surface area contributed by atoms with Crippen molar-refractivity contribution >= 4 is 12.2 Å². The molecule has 0 aliphatic heterocycles. The Morgan fingerprint density at radius 1 is 1.11 bits per heavy atom. The molecule has 0 saturated carbocycles. The van der Waals surface area contributed by atoms with E-state index in [9.17, 15) is 9.59 Å². The van der Waals surface area contributed by atoms with Crippen molar-refractivity contribution in [1.82, 2.24) is 10.6 Å². The fraction of sp³-hybridized carbons (Fsp3) is 0.833. The van der Waals surface area contributed by atoms with Crippen LogP contribution in [0.2, 0.25) is 0 Å². The lowest BCUT2D eigenvalue weighted by Crippen LogP contribution is -2.26. The predicted octanol–water partition coefficient (Wildman–Crippen LogP) is 1.56. The number of hydrogen-bond acceptors (Lipinski definition) is 4. The van der Waals surface area contributed by atoms with E-state index in [4.69, 9.17) is 14.9 Å². The van der Waals surface area contributed by atoms with E-state index in [2.05, 4.69) is 17.6 Å². The van der Waals surface area contributed by atoms with Gasteiger partial charge in [-0.05, 0) is 19.8 Å². The van der Waals surface area contributed by atoms with Crippen LogP contribution in [0.15, 0.2) is 0 Å². The summed E-state index contributed by atoms with van der Waals surface area (Å²) >= 11 is 0. The first kappa shape index (κ1) is 19.8. The molecule has 0 aromatic rings. The van der Waals surface area contributed by atoms with E-state index in [1.165, 1.54) is 0 Å². The molecule has 7 heteroatoms. The normalized spacial score (nSPS) is 9.00. The number of ether oxygens (including phenoxy) is 1. The Balaban J connectivity index is 0. The van der Waals surface area contributed by atoms with Crippen molar-refractivity contribution < 1.29 is 24.5 Å². The number of carbonyl (C=O) groups is 2. The number of alkyl carbamates (subject to hydrolysis) is 1. The molecule has 0 fully saturated rings. The summed E-state index contributed by atoms with van der Waals surface area (Å²) in [6.45, 7) is 5.36. The smallest absolute Gasteiger partial charge is 0.407 e. The number of nitrogens with one attached hydrogen (secondary N) is 2. The molecule has 0 aliphatic carbocycles. The van der Waals surface area contributed by atoms with Gasteiger partial charge in [0.2, 0.25) is 0 Å². The van der Waals surface area contributed by atoms with Gasteiger partial charge in [-0.3, -0.25) is 0 Å². The van der Waals surface area contributed by atoms with Crippen molar-refractivity contribution in [2.75, 3.05) is 26.3 Å². The summed E-state index contributed by atoms with van der Waals surface area (Å²) in [7, 11) is 0. The molecular formula is C12H26N2O5. The highest BCUT2D eigenvalue weighted by Crippen LogP contribution is 1.94. The van der Waals surface area contributed by atoms with Crippen molar-refractivity contribution in [3.63, 3.8) is 0 Å². The molecule has 0 atom stereocenters. The summed E-state index contributed by atoms with van der Waals surface area (Å²) in [4.78, 5) is 20.4. The summed E-state index contributed by atoms with van der Waals surface area (Å²) in [5, 5.41) is 20.9. The van der Waals surface area contributed by atoms with Gasteiger partial charge in [-0.2, -0.15) is 0 Å². The minimum absolute atomic E-state index is 0.0934. The van der Waals surface area contributed by atoms with Gasteiger partial charge in [0.05, 0.1) is 6.61 Å². The van der Waals surface area contributed by atoms with Crippen LogP contribution in [0.5, 0.6) is 0 Å². The molecule has 114 valence electrons. The molecule has 2 amide bonds. The van der Waals surface area contributed by atoms with Gasteiger partial charge in [0.15, 0.2) is 0 Å². The molecule has 7 nitrogen and oxygen atoms in total. The Bertz CT molecular complexity index is 224. The van der Waals surface area contributed by atoms with Crippen LogP contribution in [-0.4, -0.2) is 48.7 Å². The number of amides is 2. The molecule has 0 aliphatic rings. The Hall–Kier alpha value is -1.50. The maximum absolute atomic E-state index is 10.9. The molecular weight excluding hydrogens is 252 g/mol. The molecule has 4 N–H and O–H groups in total. The molecule has 0 heterocycles. The Morgan fingerprint density at radius 3 is 2.21 bits per heavy atom. The van der Waals surface area contributed by atoms with E-state index in [0.717, 1.165) is 19.3 Å². The second-order valence-electron chi connectivity index (χ2n) is 3.68. The standard InChI is InChI=1S/C9H19NO3.C3H7NO2/c1-2-3-4-8-13-9(12)10-6-5-7-11;1-2-4-3(5)6/h11H,2-8H2,1H3,(H,10,12);4H,2H2,1H3,(H,5,6). The van der Waals surface area contributed by atoms with Gasteiger partial charge in [-0.1, -0.05) is 19.8 Å². The van der Waals surface area contributed by atoms with Crippen LogP contribution in [0, 0.1) is 0 Å². The number of aliphatic hydroxyl groups excluding tert-OH is 1. The van der Waals surface area contributed by atoms with Gasteiger partial charge >= 0.3 is 12.2 Å². The largest absolute Gasteiger partial charge is 0.465 e. The number of carboxylic acid groups (broad SMARTS) is 1. The van der Waals surface area contributed by atoms with E-state index in [1.807, 2.05) is 0 Å². The van der Waals surface area contributed by atoms with Crippen molar-refractivity contribution in [3.05, 3.63) is 0 Å². The molecule has 0 bridgehead atoms. The van der Waals surface area contributed by atoms with Crippen LogP contribution >= 0.6 is 0 Å². The third-order valence-corrected chi connectivity index (χ3v) is 1.91. The summed E-state index contributed by atoms with van der Waals surface area (Å²) in [5.74, 6) is 0. The fourth-order valence-electron chi connectivity index (χ4n) is 0.989. The minimum atomic E-state index is -0.961.